The van der Waals surface area contributed by atoms with E-state index in [4.69, 9.17) is 14.7 Å². The Kier molecular flexibility index (Phi) is 2.13. The quantitative estimate of drug-likeness (QED) is 0.664. The first-order valence-corrected chi connectivity index (χ1v) is 5.00. The van der Waals surface area contributed by atoms with Gasteiger partial charge in [0.05, 0.1) is 6.10 Å². The predicted octanol–water partition coefficient (Wildman–Crippen LogP) is 1.26. The normalized spacial score (nSPS) is 39.1. The Labute approximate surface area is 89.6 Å². The van der Waals surface area contributed by atoms with Gasteiger partial charge in [0, 0.05) is 17.8 Å². The van der Waals surface area contributed by atoms with Gasteiger partial charge in [-0.25, -0.2) is 0 Å². The first-order chi connectivity index (χ1) is 6.57. The van der Waals surface area contributed by atoms with Crippen molar-refractivity contribution in [3.8, 4) is 6.07 Å². The predicted molar refractivity (Wildman–Crippen MR) is 50.4 cm³/mol. The number of halogens is 1. The van der Waals surface area contributed by atoms with E-state index in [1.165, 1.54) is 6.92 Å². The minimum atomic E-state index is -1.12. The molecule has 0 spiro atoms. The van der Waals surface area contributed by atoms with Gasteiger partial charge in [-0.2, -0.15) is 5.26 Å². The highest BCUT2D eigenvalue weighted by molar-refractivity contribution is 9.11. The van der Waals surface area contributed by atoms with E-state index < -0.39 is 17.7 Å². The van der Waals surface area contributed by atoms with Crippen molar-refractivity contribution in [2.24, 2.45) is 0 Å². The summed E-state index contributed by atoms with van der Waals surface area (Å²) in [5, 5.41) is 9.02. The average Bonchev–Trinajstić information content (AvgIpc) is 2.60. The lowest BCUT2D eigenvalue weighted by atomic mass is 9.90. The van der Waals surface area contributed by atoms with Crippen molar-refractivity contribution >= 4 is 21.9 Å². The third-order valence-electron chi connectivity index (χ3n) is 2.39. The Morgan fingerprint density at radius 2 is 2.64 bits per heavy atom. The van der Waals surface area contributed by atoms with E-state index in [-0.39, 0.29) is 6.10 Å². The first-order valence-electron chi connectivity index (χ1n) is 4.21. The number of fused-ring (bicyclic) bond motifs is 2. The molecule has 3 atom stereocenters. The molecule has 1 saturated heterocycles. The number of esters is 1. The fourth-order valence-corrected chi connectivity index (χ4v) is 2.31. The molecule has 2 heterocycles. The van der Waals surface area contributed by atoms with E-state index >= 15 is 0 Å². The van der Waals surface area contributed by atoms with Crippen LogP contribution < -0.4 is 0 Å². The van der Waals surface area contributed by atoms with Gasteiger partial charge < -0.3 is 9.47 Å². The largest absolute Gasteiger partial charge is 0.440 e. The van der Waals surface area contributed by atoms with Gasteiger partial charge in [-0.3, -0.25) is 4.79 Å². The number of rotatable bonds is 1. The molecule has 0 saturated carbocycles. The Morgan fingerprint density at radius 3 is 3.00 bits per heavy atom. The van der Waals surface area contributed by atoms with Gasteiger partial charge in [0.2, 0.25) is 5.60 Å². The van der Waals surface area contributed by atoms with Crippen LogP contribution >= 0.6 is 15.9 Å². The summed E-state index contributed by atoms with van der Waals surface area (Å²) in [4.78, 5) is 10.9. The number of nitriles is 1. The van der Waals surface area contributed by atoms with Crippen molar-refractivity contribution in [3.63, 3.8) is 0 Å². The summed E-state index contributed by atoms with van der Waals surface area (Å²) in [6, 6.07) is 2.03. The van der Waals surface area contributed by atoms with Gasteiger partial charge in [-0.05, 0) is 6.08 Å². The molecular weight excluding hydrogens is 250 g/mol. The standard InChI is InChI=1S/C9H8BrNO3/c1-5(12)14-9(4-11)3-7-6(10)2-8(9)13-7/h2,7-8H,3H2,1H3/t7-,8-,9+/m0/s1. The highest BCUT2D eigenvalue weighted by atomic mass is 79.9. The van der Waals surface area contributed by atoms with Crippen LogP contribution in [0.2, 0.25) is 0 Å². The molecule has 0 aromatic heterocycles. The van der Waals surface area contributed by atoms with Crippen LogP contribution in [0, 0.1) is 11.3 Å². The fourth-order valence-electron chi connectivity index (χ4n) is 1.80. The summed E-state index contributed by atoms with van der Waals surface area (Å²) in [5.41, 5.74) is -1.12. The molecule has 4 nitrogen and oxygen atoms in total. The second-order valence-electron chi connectivity index (χ2n) is 3.40. The van der Waals surface area contributed by atoms with Gasteiger partial charge in [-0.1, -0.05) is 15.9 Å². The van der Waals surface area contributed by atoms with Crippen molar-refractivity contribution < 1.29 is 14.3 Å². The molecule has 2 bridgehead atoms. The van der Waals surface area contributed by atoms with Crippen LogP contribution in [0.5, 0.6) is 0 Å². The zero-order valence-electron chi connectivity index (χ0n) is 7.49. The monoisotopic (exact) mass is 257 g/mol. The second-order valence-corrected chi connectivity index (χ2v) is 4.31. The molecule has 0 N–H and O–H groups in total. The lowest BCUT2D eigenvalue weighted by Gasteiger charge is -2.25. The summed E-state index contributed by atoms with van der Waals surface area (Å²) in [7, 11) is 0. The molecule has 2 aliphatic rings. The van der Waals surface area contributed by atoms with E-state index in [1.807, 2.05) is 6.07 Å². The lowest BCUT2D eigenvalue weighted by molar-refractivity contribution is -0.154. The second kappa shape index (κ2) is 3.07. The summed E-state index contributed by atoms with van der Waals surface area (Å²) in [6.07, 6.45) is 1.61. The molecule has 1 fully saturated rings. The van der Waals surface area contributed by atoms with Gasteiger partial charge in [0.1, 0.15) is 12.2 Å². The molecule has 0 aromatic carbocycles. The minimum absolute atomic E-state index is 0.140. The topological polar surface area (TPSA) is 59.3 Å². The Balaban J connectivity index is 2.26. The summed E-state index contributed by atoms with van der Waals surface area (Å²) >= 11 is 3.33. The van der Waals surface area contributed by atoms with Crippen LogP contribution in [0.1, 0.15) is 13.3 Å². The van der Waals surface area contributed by atoms with Gasteiger partial charge in [0.15, 0.2) is 0 Å². The molecule has 0 radical (unpaired) electrons. The summed E-state index contributed by atoms with van der Waals surface area (Å²) in [6.45, 7) is 1.30. The van der Waals surface area contributed by atoms with Crippen LogP contribution in [0.25, 0.3) is 0 Å². The van der Waals surface area contributed by atoms with Crippen LogP contribution in [-0.4, -0.2) is 23.8 Å². The maximum absolute atomic E-state index is 10.9. The highest BCUT2D eigenvalue weighted by Gasteiger charge is 2.55. The number of nitrogens with zero attached hydrogens (tertiary/aromatic N) is 1. The van der Waals surface area contributed by atoms with E-state index in [9.17, 15) is 4.79 Å². The minimum Gasteiger partial charge on any atom is -0.440 e. The Bertz CT molecular complexity index is 360. The Hall–Kier alpha value is -0.860. The Morgan fingerprint density at radius 1 is 1.93 bits per heavy atom. The molecular formula is C9H8BrNO3. The number of hydrogen-bond acceptors (Lipinski definition) is 4. The molecule has 2 aliphatic heterocycles. The third-order valence-corrected chi connectivity index (χ3v) is 3.17. The van der Waals surface area contributed by atoms with Crippen molar-refractivity contribution in [1.82, 2.24) is 0 Å². The lowest BCUT2D eigenvalue weighted by Crippen LogP contribution is -2.41. The van der Waals surface area contributed by atoms with Crippen LogP contribution in [-0.2, 0) is 14.3 Å². The van der Waals surface area contributed by atoms with E-state index in [0.29, 0.717) is 6.42 Å². The molecule has 14 heavy (non-hydrogen) atoms. The van der Waals surface area contributed by atoms with Crippen molar-refractivity contribution in [2.45, 2.75) is 31.2 Å². The van der Waals surface area contributed by atoms with Crippen LogP contribution in [0.4, 0.5) is 0 Å². The van der Waals surface area contributed by atoms with Crippen molar-refractivity contribution in [1.29, 1.82) is 5.26 Å². The zero-order valence-corrected chi connectivity index (χ0v) is 9.08. The third kappa shape index (κ3) is 1.26. The van der Waals surface area contributed by atoms with Crippen molar-refractivity contribution in [2.75, 3.05) is 0 Å². The summed E-state index contributed by atoms with van der Waals surface area (Å²) in [5.74, 6) is -0.452. The molecule has 0 aromatic rings. The van der Waals surface area contributed by atoms with Crippen molar-refractivity contribution in [3.05, 3.63) is 10.6 Å². The van der Waals surface area contributed by atoms with Gasteiger partial charge in [0.25, 0.3) is 0 Å². The smallest absolute Gasteiger partial charge is 0.304 e. The molecule has 74 valence electrons. The van der Waals surface area contributed by atoms with E-state index in [0.717, 1.165) is 4.48 Å². The molecule has 0 aliphatic carbocycles. The molecule has 2 rings (SSSR count). The van der Waals surface area contributed by atoms with Crippen LogP contribution in [0.15, 0.2) is 10.6 Å². The maximum Gasteiger partial charge on any atom is 0.304 e. The number of carbonyl (C=O) groups excluding carboxylic acids is 1. The van der Waals surface area contributed by atoms with Gasteiger partial charge >= 0.3 is 5.97 Å². The van der Waals surface area contributed by atoms with E-state index in [1.54, 1.807) is 6.08 Å². The molecule has 0 amide bonds. The maximum atomic E-state index is 10.9. The average molecular weight is 258 g/mol. The summed E-state index contributed by atoms with van der Waals surface area (Å²) < 4.78 is 11.4. The number of ether oxygens (including phenoxy) is 2. The van der Waals surface area contributed by atoms with Gasteiger partial charge in [-0.15, -0.1) is 0 Å². The fraction of sp³-hybridized carbons (Fsp3) is 0.556. The van der Waals surface area contributed by atoms with Crippen LogP contribution in [0.3, 0.4) is 0 Å². The van der Waals surface area contributed by atoms with E-state index in [2.05, 4.69) is 15.9 Å². The highest BCUT2D eigenvalue weighted by Crippen LogP contribution is 2.44. The number of carbonyl (C=O) groups is 1. The SMILES string of the molecule is CC(=O)O[C@@]1(C#N)C[C@@H]2O[C@H]1C=C2Br. The zero-order chi connectivity index (χ0) is 10.3. The first kappa shape index (κ1) is 9.69. The number of hydrogen-bond donors (Lipinski definition) is 0. The molecule has 0 unspecified atom stereocenters. The molecule has 5 heteroatoms.